The Morgan fingerprint density at radius 1 is 1.50 bits per heavy atom. The summed E-state index contributed by atoms with van der Waals surface area (Å²) < 4.78 is 2.10. The van der Waals surface area contributed by atoms with Crippen LogP contribution in [-0.4, -0.2) is 21.6 Å². The molecule has 0 radical (unpaired) electrons. The van der Waals surface area contributed by atoms with E-state index in [2.05, 4.69) is 25.2 Å². The second-order valence-corrected chi connectivity index (χ2v) is 3.70. The Hall–Kier alpha value is -1.20. The number of imidazole rings is 1. The highest BCUT2D eigenvalue weighted by atomic mass is 32.1. The van der Waals surface area contributed by atoms with Crippen molar-refractivity contribution in [3.8, 4) is 0 Å². The summed E-state index contributed by atoms with van der Waals surface area (Å²) in [5.74, 6) is 1.04. The summed E-state index contributed by atoms with van der Waals surface area (Å²) in [4.78, 5) is 8.50. The average Bonchev–Trinajstić information content (AvgIpc) is 2.80. The van der Waals surface area contributed by atoms with Gasteiger partial charge in [-0.1, -0.05) is 0 Å². The maximum Gasteiger partial charge on any atom is 0.123 e. The third-order valence-corrected chi connectivity index (χ3v) is 2.59. The fraction of sp³-hybridized carbons (Fsp3) is 0.333. The Morgan fingerprint density at radius 3 is 3.14 bits per heavy atom. The maximum atomic E-state index is 4.26. The summed E-state index contributed by atoms with van der Waals surface area (Å²) in [5, 5.41) is 5.15. The van der Waals surface area contributed by atoms with Crippen molar-refractivity contribution >= 4 is 11.3 Å². The molecule has 0 aliphatic carbocycles. The van der Waals surface area contributed by atoms with Crippen LogP contribution in [0.4, 0.5) is 0 Å². The zero-order chi connectivity index (χ0) is 9.80. The molecule has 2 aromatic heterocycles. The first-order valence-corrected chi connectivity index (χ1v) is 5.36. The first kappa shape index (κ1) is 9.36. The minimum Gasteiger partial charge on any atom is -0.328 e. The van der Waals surface area contributed by atoms with Crippen LogP contribution in [0.15, 0.2) is 23.3 Å². The molecule has 0 bridgehead atoms. The van der Waals surface area contributed by atoms with Crippen molar-refractivity contribution in [3.63, 3.8) is 0 Å². The number of rotatable bonds is 4. The minimum atomic E-state index is 0.789. The summed E-state index contributed by atoms with van der Waals surface area (Å²) in [6, 6.07) is 0. The molecule has 0 aliphatic heterocycles. The number of hydrogen-bond acceptors (Lipinski definition) is 4. The van der Waals surface area contributed by atoms with Crippen molar-refractivity contribution in [2.75, 3.05) is 7.05 Å². The van der Waals surface area contributed by atoms with Gasteiger partial charge in [-0.2, -0.15) is 0 Å². The second-order valence-electron chi connectivity index (χ2n) is 2.98. The van der Waals surface area contributed by atoms with E-state index in [9.17, 15) is 0 Å². The number of nitrogens with one attached hydrogen (secondary N) is 1. The molecule has 4 nitrogen and oxygen atoms in total. The summed E-state index contributed by atoms with van der Waals surface area (Å²) in [6.45, 7) is 1.59. The van der Waals surface area contributed by atoms with Gasteiger partial charge in [-0.15, -0.1) is 11.3 Å². The standard InChI is InChI=1S/C9H12N4S/c1-10-4-9-11-2-3-13(9)5-8-6-14-7-12-8/h2-3,6-7,10H,4-5H2,1H3. The SMILES string of the molecule is CNCc1nccn1Cc1cscn1. The van der Waals surface area contributed by atoms with Gasteiger partial charge in [0.25, 0.3) is 0 Å². The van der Waals surface area contributed by atoms with Gasteiger partial charge in [-0.05, 0) is 7.05 Å². The zero-order valence-electron chi connectivity index (χ0n) is 7.97. The molecular formula is C9H12N4S. The molecule has 0 fully saturated rings. The van der Waals surface area contributed by atoms with Gasteiger partial charge < -0.3 is 9.88 Å². The van der Waals surface area contributed by atoms with Gasteiger partial charge in [-0.25, -0.2) is 9.97 Å². The van der Waals surface area contributed by atoms with Crippen LogP contribution in [0, 0.1) is 0 Å². The van der Waals surface area contributed by atoms with E-state index < -0.39 is 0 Å². The van der Waals surface area contributed by atoms with Gasteiger partial charge in [0, 0.05) is 17.8 Å². The quantitative estimate of drug-likeness (QED) is 0.818. The van der Waals surface area contributed by atoms with Gasteiger partial charge in [0.15, 0.2) is 0 Å². The molecule has 0 unspecified atom stereocenters. The molecule has 0 aliphatic rings. The Labute approximate surface area is 86.6 Å². The van der Waals surface area contributed by atoms with Crippen molar-refractivity contribution in [2.24, 2.45) is 0 Å². The van der Waals surface area contributed by atoms with E-state index in [1.54, 1.807) is 11.3 Å². The fourth-order valence-corrected chi connectivity index (χ4v) is 1.85. The molecule has 2 heterocycles. The lowest BCUT2D eigenvalue weighted by Crippen LogP contribution is -2.12. The van der Waals surface area contributed by atoms with Gasteiger partial charge >= 0.3 is 0 Å². The smallest absolute Gasteiger partial charge is 0.123 e. The van der Waals surface area contributed by atoms with Gasteiger partial charge in [0.1, 0.15) is 5.82 Å². The van der Waals surface area contributed by atoms with Crippen LogP contribution in [0.5, 0.6) is 0 Å². The maximum absolute atomic E-state index is 4.26. The predicted octanol–water partition coefficient (Wildman–Crippen LogP) is 1.11. The number of thiazole rings is 1. The summed E-state index contributed by atoms with van der Waals surface area (Å²) in [7, 11) is 1.92. The average molecular weight is 208 g/mol. The lowest BCUT2D eigenvalue weighted by atomic mass is 10.4. The highest BCUT2D eigenvalue weighted by Crippen LogP contribution is 2.05. The molecule has 0 saturated carbocycles. The molecule has 2 rings (SSSR count). The number of aromatic nitrogens is 3. The molecule has 0 aromatic carbocycles. The molecule has 1 N–H and O–H groups in total. The number of nitrogens with zero attached hydrogens (tertiary/aromatic N) is 3. The molecule has 74 valence electrons. The first-order chi connectivity index (χ1) is 6.90. The zero-order valence-corrected chi connectivity index (χ0v) is 8.79. The molecule has 2 aromatic rings. The summed E-state index contributed by atoms with van der Waals surface area (Å²) in [5.41, 5.74) is 2.94. The topological polar surface area (TPSA) is 42.7 Å². The third kappa shape index (κ3) is 2.00. The van der Waals surface area contributed by atoms with Crippen molar-refractivity contribution in [3.05, 3.63) is 34.8 Å². The van der Waals surface area contributed by atoms with Crippen molar-refractivity contribution in [1.29, 1.82) is 0 Å². The van der Waals surface area contributed by atoms with E-state index >= 15 is 0 Å². The molecule has 0 spiro atoms. The van der Waals surface area contributed by atoms with Crippen LogP contribution < -0.4 is 5.32 Å². The predicted molar refractivity (Wildman–Crippen MR) is 56.2 cm³/mol. The van der Waals surface area contributed by atoms with E-state index in [-0.39, 0.29) is 0 Å². The Morgan fingerprint density at radius 2 is 2.43 bits per heavy atom. The van der Waals surface area contributed by atoms with Crippen LogP contribution in [-0.2, 0) is 13.1 Å². The van der Waals surface area contributed by atoms with E-state index in [0.717, 1.165) is 24.6 Å². The fourth-order valence-electron chi connectivity index (χ4n) is 1.30. The van der Waals surface area contributed by atoms with Gasteiger partial charge in [-0.3, -0.25) is 0 Å². The Balaban J connectivity index is 2.12. The third-order valence-electron chi connectivity index (χ3n) is 1.95. The highest BCUT2D eigenvalue weighted by Gasteiger charge is 2.02. The molecule has 0 amide bonds. The summed E-state index contributed by atoms with van der Waals surface area (Å²) >= 11 is 1.62. The molecule has 0 atom stereocenters. The van der Waals surface area contributed by atoms with Crippen LogP contribution >= 0.6 is 11.3 Å². The molecule has 14 heavy (non-hydrogen) atoms. The second kappa shape index (κ2) is 4.34. The monoisotopic (exact) mass is 208 g/mol. The summed E-state index contributed by atoms with van der Waals surface area (Å²) in [6.07, 6.45) is 3.80. The van der Waals surface area contributed by atoms with Crippen molar-refractivity contribution in [2.45, 2.75) is 13.1 Å². The van der Waals surface area contributed by atoms with E-state index in [0.29, 0.717) is 0 Å². The number of hydrogen-bond donors (Lipinski definition) is 1. The van der Waals surface area contributed by atoms with Crippen molar-refractivity contribution < 1.29 is 0 Å². The minimum absolute atomic E-state index is 0.789. The lowest BCUT2D eigenvalue weighted by Gasteiger charge is -2.04. The van der Waals surface area contributed by atoms with Crippen LogP contribution in [0.25, 0.3) is 0 Å². The molecule has 5 heteroatoms. The molecular weight excluding hydrogens is 196 g/mol. The van der Waals surface area contributed by atoms with E-state index in [4.69, 9.17) is 0 Å². The largest absolute Gasteiger partial charge is 0.328 e. The Bertz CT molecular complexity index is 379. The van der Waals surface area contributed by atoms with Gasteiger partial charge in [0.2, 0.25) is 0 Å². The van der Waals surface area contributed by atoms with Crippen LogP contribution in [0.1, 0.15) is 11.5 Å². The van der Waals surface area contributed by atoms with E-state index in [1.807, 2.05) is 25.0 Å². The van der Waals surface area contributed by atoms with Gasteiger partial charge in [0.05, 0.1) is 24.3 Å². The molecule has 0 saturated heterocycles. The van der Waals surface area contributed by atoms with Crippen LogP contribution in [0.2, 0.25) is 0 Å². The Kier molecular flexibility index (Phi) is 2.90. The first-order valence-electron chi connectivity index (χ1n) is 4.42. The lowest BCUT2D eigenvalue weighted by molar-refractivity contribution is 0.667. The van der Waals surface area contributed by atoms with E-state index in [1.165, 1.54) is 0 Å². The van der Waals surface area contributed by atoms with Crippen LogP contribution in [0.3, 0.4) is 0 Å². The normalized spacial score (nSPS) is 10.6. The van der Waals surface area contributed by atoms with Crippen molar-refractivity contribution in [1.82, 2.24) is 19.9 Å². The highest BCUT2D eigenvalue weighted by molar-refractivity contribution is 7.07.